The largest absolute Gasteiger partial charge is 0.396 e. The van der Waals surface area contributed by atoms with E-state index >= 15 is 0 Å². The van der Waals surface area contributed by atoms with E-state index in [9.17, 15) is 5.11 Å². The molecule has 3 nitrogen and oxygen atoms in total. The lowest BCUT2D eigenvalue weighted by molar-refractivity contribution is 0.0639. The molecule has 0 amide bonds. The van der Waals surface area contributed by atoms with Crippen LogP contribution in [-0.2, 0) is 0 Å². The maximum absolute atomic E-state index is 9.74. The van der Waals surface area contributed by atoms with Gasteiger partial charge in [0, 0.05) is 19.2 Å². The van der Waals surface area contributed by atoms with Gasteiger partial charge in [0.25, 0.3) is 0 Å². The van der Waals surface area contributed by atoms with Crippen molar-refractivity contribution in [1.82, 2.24) is 9.80 Å². The van der Waals surface area contributed by atoms with Crippen molar-refractivity contribution in [1.29, 1.82) is 0 Å². The number of piperidine rings is 2. The van der Waals surface area contributed by atoms with Gasteiger partial charge in [-0.05, 0) is 77.5 Å². The van der Waals surface area contributed by atoms with Gasteiger partial charge >= 0.3 is 0 Å². The SMILES string of the molecule is CC(C)N1CCC(C(CO)CN2CCCCC2)CC1. The van der Waals surface area contributed by atoms with Crippen LogP contribution < -0.4 is 0 Å². The summed E-state index contributed by atoms with van der Waals surface area (Å²) in [6.07, 6.45) is 6.65. The number of aliphatic hydroxyl groups is 1. The summed E-state index contributed by atoms with van der Waals surface area (Å²) in [6.45, 7) is 11.0. The maximum atomic E-state index is 9.74. The highest BCUT2D eigenvalue weighted by Gasteiger charge is 2.28. The predicted molar refractivity (Wildman–Crippen MR) is 80.3 cm³/mol. The average Bonchev–Trinajstić information content (AvgIpc) is 2.46. The van der Waals surface area contributed by atoms with Crippen LogP contribution in [0.5, 0.6) is 0 Å². The zero-order chi connectivity index (χ0) is 13.7. The Balaban J connectivity index is 1.78. The Morgan fingerprint density at radius 3 is 2.16 bits per heavy atom. The Morgan fingerprint density at radius 1 is 1.00 bits per heavy atom. The highest BCUT2D eigenvalue weighted by atomic mass is 16.3. The molecule has 2 fully saturated rings. The molecular weight excluding hydrogens is 236 g/mol. The van der Waals surface area contributed by atoms with Crippen LogP contribution in [-0.4, -0.2) is 60.3 Å². The zero-order valence-electron chi connectivity index (χ0n) is 12.9. The van der Waals surface area contributed by atoms with Crippen LogP contribution in [0.4, 0.5) is 0 Å². The van der Waals surface area contributed by atoms with Crippen molar-refractivity contribution in [3.8, 4) is 0 Å². The summed E-state index contributed by atoms with van der Waals surface area (Å²) in [5.41, 5.74) is 0. The molecular formula is C16H32N2O. The molecule has 0 aromatic rings. The van der Waals surface area contributed by atoms with Crippen LogP contribution in [0.3, 0.4) is 0 Å². The van der Waals surface area contributed by atoms with Crippen molar-refractivity contribution >= 4 is 0 Å². The number of likely N-dealkylation sites (tertiary alicyclic amines) is 2. The van der Waals surface area contributed by atoms with Gasteiger partial charge in [-0.15, -0.1) is 0 Å². The molecule has 19 heavy (non-hydrogen) atoms. The molecule has 0 radical (unpaired) electrons. The molecule has 2 heterocycles. The lowest BCUT2D eigenvalue weighted by Crippen LogP contribution is -2.44. The number of aliphatic hydroxyl groups excluding tert-OH is 1. The maximum Gasteiger partial charge on any atom is 0.0474 e. The summed E-state index contributed by atoms with van der Waals surface area (Å²) >= 11 is 0. The van der Waals surface area contributed by atoms with Crippen LogP contribution in [0.2, 0.25) is 0 Å². The molecule has 0 spiro atoms. The van der Waals surface area contributed by atoms with E-state index in [1.807, 2.05) is 0 Å². The third-order valence-corrected chi connectivity index (χ3v) is 5.15. The van der Waals surface area contributed by atoms with E-state index in [2.05, 4.69) is 23.6 Å². The first-order valence-corrected chi connectivity index (χ1v) is 8.28. The molecule has 2 aliphatic rings. The minimum atomic E-state index is 0.378. The number of hydrogen-bond acceptors (Lipinski definition) is 3. The summed E-state index contributed by atoms with van der Waals surface area (Å²) in [4.78, 5) is 5.16. The van der Waals surface area contributed by atoms with Crippen molar-refractivity contribution in [2.45, 2.75) is 52.0 Å². The van der Waals surface area contributed by atoms with Gasteiger partial charge < -0.3 is 14.9 Å². The van der Waals surface area contributed by atoms with Gasteiger partial charge in [-0.25, -0.2) is 0 Å². The van der Waals surface area contributed by atoms with E-state index in [1.54, 1.807) is 0 Å². The second-order valence-corrected chi connectivity index (χ2v) is 6.77. The lowest BCUT2D eigenvalue weighted by atomic mass is 9.83. The van der Waals surface area contributed by atoms with Gasteiger partial charge in [-0.2, -0.15) is 0 Å². The standard InChI is InChI=1S/C16H32N2O/c1-14(2)18-10-6-15(7-11-18)16(13-19)12-17-8-4-3-5-9-17/h14-16,19H,3-13H2,1-2H3. The van der Waals surface area contributed by atoms with Gasteiger partial charge in [-0.1, -0.05) is 6.42 Å². The number of hydrogen-bond donors (Lipinski definition) is 1. The fourth-order valence-corrected chi connectivity index (χ4v) is 3.74. The summed E-state index contributed by atoms with van der Waals surface area (Å²) in [7, 11) is 0. The molecule has 0 aromatic heterocycles. The highest BCUT2D eigenvalue weighted by molar-refractivity contribution is 4.81. The monoisotopic (exact) mass is 268 g/mol. The fourth-order valence-electron chi connectivity index (χ4n) is 3.74. The molecule has 2 saturated heterocycles. The van der Waals surface area contributed by atoms with Gasteiger partial charge in [0.15, 0.2) is 0 Å². The molecule has 3 heteroatoms. The number of rotatable bonds is 5. The molecule has 112 valence electrons. The van der Waals surface area contributed by atoms with E-state index in [0.29, 0.717) is 18.6 Å². The van der Waals surface area contributed by atoms with Crippen LogP contribution >= 0.6 is 0 Å². The van der Waals surface area contributed by atoms with E-state index in [-0.39, 0.29) is 0 Å². The Labute approximate surface area is 119 Å². The third kappa shape index (κ3) is 4.44. The van der Waals surface area contributed by atoms with Crippen LogP contribution in [0.25, 0.3) is 0 Å². The highest BCUT2D eigenvalue weighted by Crippen LogP contribution is 2.27. The molecule has 1 unspecified atom stereocenters. The first-order valence-electron chi connectivity index (χ1n) is 8.28. The van der Waals surface area contributed by atoms with Gasteiger partial charge in [0.05, 0.1) is 0 Å². The molecule has 2 aliphatic heterocycles. The minimum Gasteiger partial charge on any atom is -0.396 e. The Kier molecular flexibility index (Phi) is 6.11. The summed E-state index contributed by atoms with van der Waals surface area (Å²) in [5, 5.41) is 9.74. The average molecular weight is 268 g/mol. The van der Waals surface area contributed by atoms with Crippen molar-refractivity contribution in [2.75, 3.05) is 39.3 Å². The lowest BCUT2D eigenvalue weighted by Gasteiger charge is -2.39. The molecule has 1 N–H and O–H groups in total. The van der Waals surface area contributed by atoms with Gasteiger partial charge in [-0.3, -0.25) is 0 Å². The van der Waals surface area contributed by atoms with Crippen molar-refractivity contribution < 1.29 is 5.11 Å². The van der Waals surface area contributed by atoms with E-state index < -0.39 is 0 Å². The quantitative estimate of drug-likeness (QED) is 0.828. The topological polar surface area (TPSA) is 26.7 Å². The molecule has 0 bridgehead atoms. The molecule has 0 aromatic carbocycles. The predicted octanol–water partition coefficient (Wildman–Crippen LogP) is 2.20. The minimum absolute atomic E-state index is 0.378. The molecule has 0 aliphatic carbocycles. The Hall–Kier alpha value is -0.120. The third-order valence-electron chi connectivity index (χ3n) is 5.15. The zero-order valence-corrected chi connectivity index (χ0v) is 12.9. The van der Waals surface area contributed by atoms with E-state index in [0.717, 1.165) is 12.5 Å². The first kappa shape index (κ1) is 15.3. The van der Waals surface area contributed by atoms with Gasteiger partial charge in [0.1, 0.15) is 0 Å². The smallest absolute Gasteiger partial charge is 0.0474 e. The fraction of sp³-hybridized carbons (Fsp3) is 1.00. The summed E-state index contributed by atoms with van der Waals surface area (Å²) < 4.78 is 0. The first-order chi connectivity index (χ1) is 9.20. The van der Waals surface area contributed by atoms with Crippen LogP contribution in [0.15, 0.2) is 0 Å². The normalized spacial score (nSPS) is 25.9. The van der Waals surface area contributed by atoms with Crippen LogP contribution in [0.1, 0.15) is 46.0 Å². The van der Waals surface area contributed by atoms with Crippen LogP contribution in [0, 0.1) is 11.8 Å². The van der Waals surface area contributed by atoms with Crippen molar-refractivity contribution in [3.05, 3.63) is 0 Å². The molecule has 2 rings (SSSR count). The molecule has 0 saturated carbocycles. The second-order valence-electron chi connectivity index (χ2n) is 6.77. The summed E-state index contributed by atoms with van der Waals surface area (Å²) in [6, 6.07) is 0.677. The second kappa shape index (κ2) is 7.61. The van der Waals surface area contributed by atoms with Gasteiger partial charge in [0.2, 0.25) is 0 Å². The summed E-state index contributed by atoms with van der Waals surface area (Å²) in [5.74, 6) is 1.24. The van der Waals surface area contributed by atoms with E-state index in [1.165, 1.54) is 58.3 Å². The van der Waals surface area contributed by atoms with Crippen molar-refractivity contribution in [2.24, 2.45) is 11.8 Å². The van der Waals surface area contributed by atoms with E-state index in [4.69, 9.17) is 0 Å². The Bertz CT molecular complexity index is 243. The Morgan fingerprint density at radius 2 is 1.63 bits per heavy atom. The number of nitrogens with zero attached hydrogens (tertiary/aromatic N) is 2. The van der Waals surface area contributed by atoms with Crippen molar-refractivity contribution in [3.63, 3.8) is 0 Å². The molecule has 1 atom stereocenters.